The molecule has 0 saturated carbocycles. The summed E-state index contributed by atoms with van der Waals surface area (Å²) in [7, 11) is -3.67. The van der Waals surface area contributed by atoms with E-state index in [4.69, 9.17) is 16.3 Å². The van der Waals surface area contributed by atoms with Crippen LogP contribution in [0.5, 0.6) is 5.75 Å². The Morgan fingerprint density at radius 3 is 2.47 bits per heavy atom. The fraction of sp³-hybridized carbons (Fsp3) is 0.409. The summed E-state index contributed by atoms with van der Waals surface area (Å²) in [5.41, 5.74) is 1.04. The van der Waals surface area contributed by atoms with Crippen molar-refractivity contribution in [2.24, 2.45) is 5.92 Å². The number of nitrogens with one attached hydrogen (secondary N) is 1. The third kappa shape index (κ3) is 5.14. The third-order valence-electron chi connectivity index (χ3n) is 5.32. The van der Waals surface area contributed by atoms with Gasteiger partial charge in [0.1, 0.15) is 5.75 Å². The van der Waals surface area contributed by atoms with Crippen LogP contribution in [0.2, 0.25) is 5.02 Å². The molecule has 0 spiro atoms. The van der Waals surface area contributed by atoms with E-state index in [1.807, 2.05) is 44.2 Å². The number of amides is 1. The molecule has 0 aromatic heterocycles. The normalized spacial score (nSPS) is 16.8. The number of carbonyl (C=O) groups is 1. The maximum atomic E-state index is 13.0. The van der Waals surface area contributed by atoms with E-state index in [0.29, 0.717) is 38.3 Å². The summed E-state index contributed by atoms with van der Waals surface area (Å²) in [4.78, 5) is 12.8. The molecular formula is C22H27ClN2O4S. The first-order chi connectivity index (χ1) is 14.3. The minimum atomic E-state index is -3.67. The lowest BCUT2D eigenvalue weighted by molar-refractivity contribution is -0.126. The number of hydrogen-bond acceptors (Lipinski definition) is 4. The molecule has 1 aliphatic heterocycles. The van der Waals surface area contributed by atoms with Gasteiger partial charge in [-0.25, -0.2) is 8.42 Å². The van der Waals surface area contributed by atoms with Crippen LogP contribution in [0.25, 0.3) is 0 Å². The van der Waals surface area contributed by atoms with E-state index in [0.717, 1.165) is 5.56 Å². The zero-order chi connectivity index (χ0) is 21.7. The summed E-state index contributed by atoms with van der Waals surface area (Å²) < 4.78 is 32.7. The number of ether oxygens (including phenoxy) is 1. The lowest BCUT2D eigenvalue weighted by atomic mass is 9.96. The van der Waals surface area contributed by atoms with E-state index in [1.165, 1.54) is 16.4 Å². The van der Waals surface area contributed by atoms with Crippen molar-refractivity contribution in [3.8, 4) is 5.75 Å². The minimum Gasteiger partial charge on any atom is -0.492 e. The van der Waals surface area contributed by atoms with E-state index in [-0.39, 0.29) is 27.8 Å². The first kappa shape index (κ1) is 22.6. The van der Waals surface area contributed by atoms with Gasteiger partial charge in [-0.15, -0.1) is 0 Å². The van der Waals surface area contributed by atoms with Crippen LogP contribution in [0.3, 0.4) is 0 Å². The highest BCUT2D eigenvalue weighted by Gasteiger charge is 2.32. The molecule has 1 N–H and O–H groups in total. The second kappa shape index (κ2) is 9.81. The van der Waals surface area contributed by atoms with E-state index in [9.17, 15) is 13.2 Å². The molecule has 8 heteroatoms. The molecule has 162 valence electrons. The molecule has 6 nitrogen and oxygen atoms in total. The SMILES string of the molecule is CCOc1ccc(S(=O)(=O)N2CCC(C(=O)N[C@@H](C)c3ccccc3)CC2)cc1Cl. The van der Waals surface area contributed by atoms with Crippen LogP contribution in [-0.2, 0) is 14.8 Å². The van der Waals surface area contributed by atoms with Crippen LogP contribution >= 0.6 is 11.6 Å². The number of benzene rings is 2. The van der Waals surface area contributed by atoms with Gasteiger partial charge in [0.2, 0.25) is 15.9 Å². The molecule has 1 fully saturated rings. The Kier molecular flexibility index (Phi) is 7.39. The zero-order valence-electron chi connectivity index (χ0n) is 17.2. The number of piperidine rings is 1. The first-order valence-electron chi connectivity index (χ1n) is 10.1. The van der Waals surface area contributed by atoms with Gasteiger partial charge in [-0.2, -0.15) is 4.31 Å². The summed E-state index contributed by atoms with van der Waals surface area (Å²) in [5, 5.41) is 3.30. The highest BCUT2D eigenvalue weighted by Crippen LogP contribution is 2.30. The molecule has 30 heavy (non-hydrogen) atoms. The average molecular weight is 451 g/mol. The van der Waals surface area contributed by atoms with Crippen molar-refractivity contribution in [3.63, 3.8) is 0 Å². The number of hydrogen-bond donors (Lipinski definition) is 1. The molecule has 0 radical (unpaired) electrons. The van der Waals surface area contributed by atoms with Crippen molar-refractivity contribution in [1.29, 1.82) is 0 Å². The van der Waals surface area contributed by atoms with E-state index in [1.54, 1.807) is 6.07 Å². The predicted octanol–water partition coefficient (Wildman–Crippen LogP) is 4.02. The maximum Gasteiger partial charge on any atom is 0.243 e. The lowest BCUT2D eigenvalue weighted by Gasteiger charge is -2.31. The number of rotatable bonds is 7. The fourth-order valence-electron chi connectivity index (χ4n) is 3.58. The van der Waals surface area contributed by atoms with Gasteiger partial charge in [0, 0.05) is 19.0 Å². The Hall–Kier alpha value is -2.09. The molecule has 1 saturated heterocycles. The number of halogens is 1. The maximum absolute atomic E-state index is 13.0. The highest BCUT2D eigenvalue weighted by atomic mass is 35.5. The van der Waals surface area contributed by atoms with Crippen molar-refractivity contribution in [2.75, 3.05) is 19.7 Å². The second-order valence-electron chi connectivity index (χ2n) is 7.34. The van der Waals surface area contributed by atoms with Gasteiger partial charge < -0.3 is 10.1 Å². The van der Waals surface area contributed by atoms with Crippen LogP contribution in [0.15, 0.2) is 53.4 Å². The fourth-order valence-corrected chi connectivity index (χ4v) is 5.37. The van der Waals surface area contributed by atoms with Crippen molar-refractivity contribution in [1.82, 2.24) is 9.62 Å². The molecule has 2 aromatic carbocycles. The van der Waals surface area contributed by atoms with Crippen molar-refractivity contribution >= 4 is 27.5 Å². The summed E-state index contributed by atoms with van der Waals surface area (Å²) >= 11 is 6.16. The van der Waals surface area contributed by atoms with Crippen molar-refractivity contribution < 1.29 is 17.9 Å². The standard InChI is InChI=1S/C22H27ClN2O4S/c1-3-29-21-10-9-19(15-20(21)23)30(27,28)25-13-11-18(12-14-25)22(26)24-16(2)17-7-5-4-6-8-17/h4-10,15-16,18H,3,11-14H2,1-2H3,(H,24,26)/t16-/m0/s1. The molecule has 0 bridgehead atoms. The van der Waals surface area contributed by atoms with Gasteiger partial charge in [-0.1, -0.05) is 41.9 Å². The molecule has 2 aromatic rings. The van der Waals surface area contributed by atoms with Crippen LogP contribution in [0.4, 0.5) is 0 Å². The quantitative estimate of drug-likeness (QED) is 0.691. The first-order valence-corrected chi connectivity index (χ1v) is 11.9. The largest absolute Gasteiger partial charge is 0.492 e. The lowest BCUT2D eigenvalue weighted by Crippen LogP contribution is -2.43. The number of carbonyl (C=O) groups excluding carboxylic acids is 1. The third-order valence-corrected chi connectivity index (χ3v) is 7.51. The van der Waals surface area contributed by atoms with Gasteiger partial charge in [0.05, 0.1) is 22.6 Å². The molecule has 0 unspecified atom stereocenters. The van der Waals surface area contributed by atoms with Gasteiger partial charge in [-0.3, -0.25) is 4.79 Å². The van der Waals surface area contributed by atoms with Crippen LogP contribution in [-0.4, -0.2) is 38.3 Å². The molecule has 1 heterocycles. The van der Waals surface area contributed by atoms with Gasteiger partial charge in [0.15, 0.2) is 0 Å². The molecule has 3 rings (SSSR count). The Balaban J connectivity index is 1.60. The van der Waals surface area contributed by atoms with Gasteiger partial charge in [0.25, 0.3) is 0 Å². The Morgan fingerprint density at radius 1 is 1.20 bits per heavy atom. The summed E-state index contributed by atoms with van der Waals surface area (Å²) in [5.74, 6) is 0.222. The summed E-state index contributed by atoms with van der Waals surface area (Å²) in [6.45, 7) is 4.82. The monoisotopic (exact) mass is 450 g/mol. The topological polar surface area (TPSA) is 75.7 Å². The van der Waals surface area contributed by atoms with Gasteiger partial charge in [-0.05, 0) is 50.5 Å². The smallest absolute Gasteiger partial charge is 0.243 e. The highest BCUT2D eigenvalue weighted by molar-refractivity contribution is 7.89. The van der Waals surface area contributed by atoms with E-state index < -0.39 is 10.0 Å². The Bertz CT molecular complexity index is 974. The Morgan fingerprint density at radius 2 is 1.87 bits per heavy atom. The van der Waals surface area contributed by atoms with E-state index in [2.05, 4.69) is 5.32 Å². The van der Waals surface area contributed by atoms with Crippen molar-refractivity contribution in [3.05, 3.63) is 59.1 Å². The van der Waals surface area contributed by atoms with Crippen LogP contribution < -0.4 is 10.1 Å². The number of nitrogens with zero attached hydrogens (tertiary/aromatic N) is 1. The molecule has 1 amide bonds. The molecule has 1 aliphatic rings. The molecule has 1 atom stereocenters. The van der Waals surface area contributed by atoms with E-state index >= 15 is 0 Å². The van der Waals surface area contributed by atoms with Crippen LogP contribution in [0.1, 0.15) is 38.3 Å². The van der Waals surface area contributed by atoms with Gasteiger partial charge >= 0.3 is 0 Å². The van der Waals surface area contributed by atoms with Crippen molar-refractivity contribution in [2.45, 2.75) is 37.6 Å². The summed E-state index contributed by atoms with van der Waals surface area (Å²) in [6.07, 6.45) is 0.967. The summed E-state index contributed by atoms with van der Waals surface area (Å²) in [6, 6.07) is 14.2. The Labute approximate surface area is 183 Å². The molecule has 0 aliphatic carbocycles. The number of sulfonamides is 1. The molecular weight excluding hydrogens is 424 g/mol. The predicted molar refractivity (Wildman–Crippen MR) is 117 cm³/mol. The minimum absolute atomic E-state index is 0.0347. The zero-order valence-corrected chi connectivity index (χ0v) is 18.7. The van der Waals surface area contributed by atoms with Crippen LogP contribution in [0, 0.1) is 5.92 Å². The average Bonchev–Trinajstić information content (AvgIpc) is 2.76. The second-order valence-corrected chi connectivity index (χ2v) is 9.69.